The number of nitrogens with zero attached hydrogens (tertiary/aromatic N) is 5. The molecule has 1 aliphatic carbocycles. The highest BCUT2D eigenvalue weighted by molar-refractivity contribution is 5.44. The van der Waals surface area contributed by atoms with Crippen LogP contribution in [0.25, 0.3) is 0 Å². The van der Waals surface area contributed by atoms with E-state index in [4.69, 9.17) is 14.2 Å². The number of hydrogen-bond donors (Lipinski definition) is 0. The third kappa shape index (κ3) is 3.97. The third-order valence-corrected chi connectivity index (χ3v) is 5.39. The molecule has 1 aromatic heterocycles. The van der Waals surface area contributed by atoms with E-state index in [1.807, 2.05) is 0 Å². The molecule has 2 aromatic rings. The van der Waals surface area contributed by atoms with Gasteiger partial charge in [-0.15, -0.1) is 5.10 Å². The second-order valence-electron chi connectivity index (χ2n) is 7.13. The molecule has 8 heteroatoms. The highest BCUT2D eigenvalue weighted by atomic mass is 16.5. The molecule has 1 fully saturated rings. The lowest BCUT2D eigenvalue weighted by atomic mass is 10.0. The average Bonchev–Trinajstić information content (AvgIpc) is 3.34. The third-order valence-electron chi connectivity index (χ3n) is 5.39. The van der Waals surface area contributed by atoms with Crippen LogP contribution in [0.2, 0.25) is 0 Å². The smallest absolute Gasteiger partial charge is 0.181 e. The van der Waals surface area contributed by atoms with E-state index in [-0.39, 0.29) is 6.10 Å². The molecule has 2 aliphatic rings. The lowest BCUT2D eigenvalue weighted by molar-refractivity contribution is -0.0398. The Morgan fingerprint density at radius 3 is 2.89 bits per heavy atom. The number of aryl methyl sites for hydroxylation is 2. The van der Waals surface area contributed by atoms with Gasteiger partial charge in [-0.05, 0) is 46.9 Å². The average molecular weight is 373 g/mol. The number of methoxy groups -OCH3 is 2. The number of hydrogen-bond acceptors (Lipinski definition) is 7. The van der Waals surface area contributed by atoms with Crippen molar-refractivity contribution >= 4 is 0 Å². The van der Waals surface area contributed by atoms with Crippen LogP contribution in [-0.4, -0.2) is 65.6 Å². The number of aromatic nitrogens is 4. The van der Waals surface area contributed by atoms with Gasteiger partial charge in [0.1, 0.15) is 11.9 Å². The van der Waals surface area contributed by atoms with Crippen LogP contribution in [0.15, 0.2) is 12.1 Å². The predicted octanol–water partition coefficient (Wildman–Crippen LogP) is 1.39. The fourth-order valence-electron chi connectivity index (χ4n) is 3.99. The standard InChI is InChI=1S/C19H27N5O3/c1-25-8-7-24-19(20-21-22-24)18-13-23(6-9-27-18)12-16-10-14-4-3-5-15(14)11-17(16)26-2/h10-11,18H,3-9,12-13H2,1-2H3/t18-/m1/s1. The summed E-state index contributed by atoms with van der Waals surface area (Å²) in [5, 5.41) is 12.1. The van der Waals surface area contributed by atoms with E-state index in [0.717, 1.165) is 37.6 Å². The van der Waals surface area contributed by atoms with Gasteiger partial charge in [0.15, 0.2) is 5.82 Å². The van der Waals surface area contributed by atoms with Crippen molar-refractivity contribution < 1.29 is 14.2 Å². The fourth-order valence-corrected chi connectivity index (χ4v) is 3.99. The lowest BCUT2D eigenvalue weighted by Crippen LogP contribution is -2.39. The first kappa shape index (κ1) is 18.3. The Hall–Kier alpha value is -2.03. The van der Waals surface area contributed by atoms with Crippen molar-refractivity contribution in [3.05, 3.63) is 34.6 Å². The zero-order valence-corrected chi connectivity index (χ0v) is 16.1. The summed E-state index contributed by atoms with van der Waals surface area (Å²) in [6, 6.07) is 4.55. The van der Waals surface area contributed by atoms with Gasteiger partial charge >= 0.3 is 0 Å². The summed E-state index contributed by atoms with van der Waals surface area (Å²) in [5.74, 6) is 1.75. The first-order valence-corrected chi connectivity index (χ1v) is 9.56. The molecule has 146 valence electrons. The van der Waals surface area contributed by atoms with Gasteiger partial charge in [0.25, 0.3) is 0 Å². The highest BCUT2D eigenvalue weighted by Crippen LogP contribution is 2.31. The van der Waals surface area contributed by atoms with Gasteiger partial charge in [0, 0.05) is 32.3 Å². The SMILES string of the molecule is COCCn1nnnc1[C@H]1CN(Cc2cc3c(cc2OC)CCC3)CCO1. The highest BCUT2D eigenvalue weighted by Gasteiger charge is 2.27. The molecule has 0 N–H and O–H groups in total. The summed E-state index contributed by atoms with van der Waals surface area (Å²) in [4.78, 5) is 2.39. The number of morpholine rings is 1. The van der Waals surface area contributed by atoms with Crippen LogP contribution in [0.5, 0.6) is 5.75 Å². The van der Waals surface area contributed by atoms with Gasteiger partial charge in [-0.3, -0.25) is 4.90 Å². The molecular weight excluding hydrogens is 346 g/mol. The van der Waals surface area contributed by atoms with E-state index in [9.17, 15) is 0 Å². The number of benzene rings is 1. The fraction of sp³-hybridized carbons (Fsp3) is 0.632. The van der Waals surface area contributed by atoms with Crippen molar-refractivity contribution in [2.24, 2.45) is 0 Å². The maximum absolute atomic E-state index is 5.96. The van der Waals surface area contributed by atoms with Crippen molar-refractivity contribution in [2.75, 3.05) is 40.5 Å². The van der Waals surface area contributed by atoms with E-state index in [0.29, 0.717) is 19.8 Å². The Kier molecular flexibility index (Phi) is 5.66. The van der Waals surface area contributed by atoms with Gasteiger partial charge in [-0.25, -0.2) is 4.68 Å². The second kappa shape index (κ2) is 8.33. The first-order chi connectivity index (χ1) is 13.3. The summed E-state index contributed by atoms with van der Waals surface area (Å²) < 4.78 is 18.5. The molecule has 0 unspecified atom stereocenters. The topological polar surface area (TPSA) is 74.5 Å². The van der Waals surface area contributed by atoms with E-state index >= 15 is 0 Å². The zero-order valence-electron chi connectivity index (χ0n) is 16.1. The van der Waals surface area contributed by atoms with Crippen LogP contribution >= 0.6 is 0 Å². The zero-order chi connectivity index (χ0) is 18.6. The minimum Gasteiger partial charge on any atom is -0.496 e. The van der Waals surface area contributed by atoms with Crippen LogP contribution in [0.1, 0.15) is 35.0 Å². The van der Waals surface area contributed by atoms with Gasteiger partial charge in [0.2, 0.25) is 0 Å². The Morgan fingerprint density at radius 2 is 2.07 bits per heavy atom. The molecule has 1 aliphatic heterocycles. The largest absolute Gasteiger partial charge is 0.496 e. The summed E-state index contributed by atoms with van der Waals surface area (Å²) in [6.07, 6.45) is 3.44. The predicted molar refractivity (Wildman–Crippen MR) is 98.7 cm³/mol. The molecule has 0 saturated carbocycles. The molecule has 4 rings (SSSR count). The van der Waals surface area contributed by atoms with Crippen molar-refractivity contribution in [1.82, 2.24) is 25.1 Å². The minimum atomic E-state index is -0.133. The van der Waals surface area contributed by atoms with E-state index in [1.165, 1.54) is 29.5 Å². The van der Waals surface area contributed by atoms with E-state index in [1.54, 1.807) is 18.9 Å². The molecule has 2 heterocycles. The normalized spacial score (nSPS) is 20.0. The van der Waals surface area contributed by atoms with Gasteiger partial charge in [0.05, 0.1) is 26.9 Å². The summed E-state index contributed by atoms with van der Waals surface area (Å²) in [6.45, 7) is 4.34. The summed E-state index contributed by atoms with van der Waals surface area (Å²) in [7, 11) is 3.43. The van der Waals surface area contributed by atoms with E-state index in [2.05, 4.69) is 32.6 Å². The van der Waals surface area contributed by atoms with Crippen LogP contribution in [0.3, 0.4) is 0 Å². The molecule has 1 saturated heterocycles. The molecule has 27 heavy (non-hydrogen) atoms. The van der Waals surface area contributed by atoms with Gasteiger partial charge < -0.3 is 14.2 Å². The quantitative estimate of drug-likeness (QED) is 0.726. The lowest BCUT2D eigenvalue weighted by Gasteiger charge is -2.32. The molecule has 0 spiro atoms. The van der Waals surface area contributed by atoms with Crippen molar-refractivity contribution in [3.63, 3.8) is 0 Å². The van der Waals surface area contributed by atoms with Crippen molar-refractivity contribution in [2.45, 2.75) is 38.5 Å². The molecule has 0 radical (unpaired) electrons. The molecule has 1 aromatic carbocycles. The van der Waals surface area contributed by atoms with Crippen LogP contribution in [0.4, 0.5) is 0 Å². The van der Waals surface area contributed by atoms with Gasteiger partial charge in [-0.1, -0.05) is 6.07 Å². The van der Waals surface area contributed by atoms with Crippen LogP contribution in [0, 0.1) is 0 Å². The van der Waals surface area contributed by atoms with Crippen molar-refractivity contribution in [1.29, 1.82) is 0 Å². The Morgan fingerprint density at radius 1 is 1.22 bits per heavy atom. The number of fused-ring (bicyclic) bond motifs is 1. The Balaban J connectivity index is 1.47. The maximum atomic E-state index is 5.96. The van der Waals surface area contributed by atoms with Crippen LogP contribution < -0.4 is 4.74 Å². The van der Waals surface area contributed by atoms with Crippen LogP contribution in [-0.2, 0) is 35.4 Å². The maximum Gasteiger partial charge on any atom is 0.181 e. The Labute approximate surface area is 159 Å². The Bertz CT molecular complexity index is 779. The number of rotatable bonds is 7. The molecule has 8 nitrogen and oxygen atoms in total. The van der Waals surface area contributed by atoms with Gasteiger partial charge in [-0.2, -0.15) is 0 Å². The first-order valence-electron chi connectivity index (χ1n) is 9.56. The number of ether oxygens (including phenoxy) is 3. The monoisotopic (exact) mass is 373 g/mol. The molecular formula is C19H27N5O3. The van der Waals surface area contributed by atoms with Crippen molar-refractivity contribution in [3.8, 4) is 5.75 Å². The van der Waals surface area contributed by atoms with E-state index < -0.39 is 0 Å². The summed E-state index contributed by atoms with van der Waals surface area (Å²) >= 11 is 0. The molecule has 0 bridgehead atoms. The minimum absolute atomic E-state index is 0.133. The number of tetrazole rings is 1. The molecule has 0 amide bonds. The molecule has 1 atom stereocenters. The second-order valence-corrected chi connectivity index (χ2v) is 7.13. The summed E-state index contributed by atoms with van der Waals surface area (Å²) in [5.41, 5.74) is 4.16.